The summed E-state index contributed by atoms with van der Waals surface area (Å²) >= 11 is 0. The Morgan fingerprint density at radius 1 is 1.00 bits per heavy atom. The quantitative estimate of drug-likeness (QED) is 0.671. The third-order valence-corrected chi connectivity index (χ3v) is 4.84. The zero-order chi connectivity index (χ0) is 19.1. The number of amides is 1. The molecule has 0 unspecified atom stereocenters. The van der Waals surface area contributed by atoms with Crippen LogP contribution in [0.15, 0.2) is 73.3 Å². The van der Waals surface area contributed by atoms with E-state index >= 15 is 0 Å². The molecule has 1 aliphatic heterocycles. The van der Waals surface area contributed by atoms with Gasteiger partial charge in [0.2, 0.25) is 5.91 Å². The van der Waals surface area contributed by atoms with Gasteiger partial charge in [0, 0.05) is 13.0 Å². The van der Waals surface area contributed by atoms with Crippen LogP contribution in [0.3, 0.4) is 0 Å². The van der Waals surface area contributed by atoms with Gasteiger partial charge in [-0.3, -0.25) is 9.59 Å². The van der Waals surface area contributed by atoms with Crippen LogP contribution >= 0.6 is 0 Å². The second-order valence-corrected chi connectivity index (χ2v) is 6.86. The van der Waals surface area contributed by atoms with E-state index in [2.05, 4.69) is 6.58 Å². The highest BCUT2D eigenvalue weighted by Crippen LogP contribution is 2.25. The van der Waals surface area contributed by atoms with E-state index in [0.717, 1.165) is 11.1 Å². The van der Waals surface area contributed by atoms with Gasteiger partial charge in [0.1, 0.15) is 0 Å². The molecule has 2 atom stereocenters. The average Bonchev–Trinajstić information content (AvgIpc) is 2.70. The molecule has 1 fully saturated rings. The van der Waals surface area contributed by atoms with E-state index in [0.29, 0.717) is 19.6 Å². The topological polar surface area (TPSA) is 46.6 Å². The van der Waals surface area contributed by atoms with E-state index in [1.807, 2.05) is 60.7 Å². The van der Waals surface area contributed by atoms with Gasteiger partial charge in [-0.2, -0.15) is 0 Å². The van der Waals surface area contributed by atoms with Crippen LogP contribution in [0.25, 0.3) is 0 Å². The second kappa shape index (κ2) is 9.28. The lowest BCUT2D eigenvalue weighted by Crippen LogP contribution is -2.53. The molecule has 3 rings (SSSR count). The van der Waals surface area contributed by atoms with E-state index in [9.17, 15) is 9.59 Å². The van der Waals surface area contributed by atoms with Gasteiger partial charge in [0.15, 0.2) is 5.78 Å². The summed E-state index contributed by atoms with van der Waals surface area (Å²) in [7, 11) is 0. The van der Waals surface area contributed by atoms with Gasteiger partial charge in [0.25, 0.3) is 0 Å². The molecule has 0 saturated carbocycles. The summed E-state index contributed by atoms with van der Waals surface area (Å²) in [6, 6.07) is 19.2. The molecule has 0 N–H and O–H groups in total. The number of ketones is 1. The molecule has 1 saturated heterocycles. The predicted molar refractivity (Wildman–Crippen MR) is 105 cm³/mol. The maximum atomic E-state index is 13.1. The molecule has 1 amide bonds. The number of carbonyl (C=O) groups excluding carboxylic acids is 2. The fourth-order valence-corrected chi connectivity index (χ4v) is 3.44. The van der Waals surface area contributed by atoms with Crippen LogP contribution < -0.4 is 0 Å². The van der Waals surface area contributed by atoms with E-state index in [4.69, 9.17) is 4.74 Å². The number of hydrogen-bond acceptors (Lipinski definition) is 3. The summed E-state index contributed by atoms with van der Waals surface area (Å²) in [5.41, 5.74) is 2.07. The van der Waals surface area contributed by atoms with Gasteiger partial charge in [-0.15, -0.1) is 6.58 Å². The molecule has 2 aromatic rings. The Bertz CT molecular complexity index is 773. The monoisotopic (exact) mass is 363 g/mol. The molecule has 1 heterocycles. The van der Waals surface area contributed by atoms with Gasteiger partial charge >= 0.3 is 0 Å². The highest BCUT2D eigenvalue weighted by molar-refractivity contribution is 5.97. The number of Topliss-reactive ketones (excluding diaryl/α,β-unsaturated/α-hetero) is 1. The zero-order valence-corrected chi connectivity index (χ0v) is 15.4. The molecular weight excluding hydrogens is 338 g/mol. The maximum absolute atomic E-state index is 13.1. The van der Waals surface area contributed by atoms with E-state index < -0.39 is 12.0 Å². The number of piperidine rings is 1. The minimum atomic E-state index is -0.430. The van der Waals surface area contributed by atoms with Gasteiger partial charge in [-0.1, -0.05) is 66.7 Å². The van der Waals surface area contributed by atoms with Crippen molar-refractivity contribution in [2.24, 2.45) is 5.92 Å². The molecule has 4 heteroatoms. The van der Waals surface area contributed by atoms with Crippen molar-refractivity contribution in [2.75, 3.05) is 6.61 Å². The van der Waals surface area contributed by atoms with Crippen molar-refractivity contribution < 1.29 is 14.3 Å². The largest absolute Gasteiger partial charge is 0.376 e. The first-order valence-electron chi connectivity index (χ1n) is 9.28. The van der Waals surface area contributed by atoms with Crippen molar-refractivity contribution in [3.63, 3.8) is 0 Å². The van der Waals surface area contributed by atoms with E-state index in [1.54, 1.807) is 11.0 Å². The smallest absolute Gasteiger partial charge is 0.229 e. The van der Waals surface area contributed by atoms with Crippen LogP contribution in [0, 0.1) is 5.92 Å². The molecule has 140 valence electrons. The highest BCUT2D eigenvalue weighted by Gasteiger charge is 2.40. The molecule has 0 spiro atoms. The Labute approximate surface area is 160 Å². The van der Waals surface area contributed by atoms with Gasteiger partial charge in [-0.05, 0) is 17.5 Å². The first kappa shape index (κ1) is 19.1. The van der Waals surface area contributed by atoms with Crippen LogP contribution in [-0.2, 0) is 27.5 Å². The second-order valence-electron chi connectivity index (χ2n) is 6.86. The van der Waals surface area contributed by atoms with Crippen LogP contribution in [-0.4, -0.2) is 29.2 Å². The number of nitrogens with zero attached hydrogens (tertiary/aromatic N) is 1. The standard InChI is InChI=1S/C23H25NO3/c1-2-9-21-22(25)14-20(17-27-16-19-12-7-4-8-13-19)23(26)24(21)15-18-10-5-3-6-11-18/h2-8,10-13,20-21H,1,9,14-17H2/t20-,21+/m0/s1. The summed E-state index contributed by atoms with van der Waals surface area (Å²) in [6.07, 6.45) is 2.42. The van der Waals surface area contributed by atoms with Gasteiger partial charge in [0.05, 0.1) is 25.2 Å². The summed E-state index contributed by atoms with van der Waals surface area (Å²) in [5.74, 6) is -0.358. The third-order valence-electron chi connectivity index (χ3n) is 4.84. The fourth-order valence-electron chi connectivity index (χ4n) is 3.44. The molecule has 4 nitrogen and oxygen atoms in total. The third kappa shape index (κ3) is 4.92. The minimum absolute atomic E-state index is 0.0154. The molecule has 0 bridgehead atoms. The van der Waals surface area contributed by atoms with Crippen LogP contribution in [0.4, 0.5) is 0 Å². The molecule has 0 aliphatic carbocycles. The van der Waals surface area contributed by atoms with E-state index in [-0.39, 0.29) is 24.7 Å². The van der Waals surface area contributed by atoms with Crippen LogP contribution in [0.1, 0.15) is 24.0 Å². The summed E-state index contributed by atoms with van der Waals surface area (Å²) in [5, 5.41) is 0. The normalized spacial score (nSPS) is 19.9. The Hall–Kier alpha value is -2.72. The van der Waals surface area contributed by atoms with Crippen molar-refractivity contribution in [3.05, 3.63) is 84.4 Å². The summed E-state index contributed by atoms with van der Waals surface area (Å²) in [4.78, 5) is 27.4. The lowest BCUT2D eigenvalue weighted by molar-refractivity contribution is -0.153. The van der Waals surface area contributed by atoms with Gasteiger partial charge in [-0.25, -0.2) is 0 Å². The first-order chi connectivity index (χ1) is 13.2. The fraction of sp³-hybridized carbons (Fsp3) is 0.304. The zero-order valence-electron chi connectivity index (χ0n) is 15.4. The van der Waals surface area contributed by atoms with E-state index in [1.165, 1.54) is 0 Å². The number of ether oxygens (including phenoxy) is 1. The van der Waals surface area contributed by atoms with Crippen LogP contribution in [0.2, 0.25) is 0 Å². The number of hydrogen-bond donors (Lipinski definition) is 0. The predicted octanol–water partition coefficient (Wildman–Crippen LogP) is 3.77. The highest BCUT2D eigenvalue weighted by atomic mass is 16.5. The Balaban J connectivity index is 1.68. The first-order valence-corrected chi connectivity index (χ1v) is 9.28. The number of benzene rings is 2. The molecule has 0 aromatic heterocycles. The average molecular weight is 363 g/mol. The van der Waals surface area contributed by atoms with Crippen molar-refractivity contribution in [1.82, 2.24) is 4.90 Å². The molecular formula is C23H25NO3. The lowest BCUT2D eigenvalue weighted by Gasteiger charge is -2.38. The Morgan fingerprint density at radius 3 is 2.26 bits per heavy atom. The van der Waals surface area contributed by atoms with Crippen molar-refractivity contribution >= 4 is 11.7 Å². The lowest BCUT2D eigenvalue weighted by atomic mass is 9.89. The Kier molecular flexibility index (Phi) is 6.55. The summed E-state index contributed by atoms with van der Waals surface area (Å²) < 4.78 is 5.75. The van der Waals surface area contributed by atoms with Crippen molar-refractivity contribution in [1.29, 1.82) is 0 Å². The number of likely N-dealkylation sites (tertiary alicyclic amines) is 1. The molecule has 27 heavy (non-hydrogen) atoms. The summed E-state index contributed by atoms with van der Waals surface area (Å²) in [6.45, 7) is 4.87. The number of rotatable bonds is 8. The van der Waals surface area contributed by atoms with Crippen molar-refractivity contribution in [2.45, 2.75) is 32.0 Å². The SMILES string of the molecule is C=CC[C@@H]1C(=O)C[C@@H](COCc2ccccc2)C(=O)N1Cc1ccccc1. The number of carbonyl (C=O) groups is 2. The molecule has 1 aliphatic rings. The molecule has 2 aromatic carbocycles. The van der Waals surface area contributed by atoms with Crippen LogP contribution in [0.5, 0.6) is 0 Å². The Morgan fingerprint density at radius 2 is 1.63 bits per heavy atom. The van der Waals surface area contributed by atoms with Gasteiger partial charge < -0.3 is 9.64 Å². The van der Waals surface area contributed by atoms with Crippen molar-refractivity contribution in [3.8, 4) is 0 Å². The molecule has 0 radical (unpaired) electrons. The minimum Gasteiger partial charge on any atom is -0.376 e. The maximum Gasteiger partial charge on any atom is 0.229 e.